The summed E-state index contributed by atoms with van der Waals surface area (Å²) in [4.78, 5) is 23.2. The number of hydrogen-bond donors (Lipinski definition) is 0. The van der Waals surface area contributed by atoms with Gasteiger partial charge in [0.25, 0.3) is 0 Å². The van der Waals surface area contributed by atoms with Crippen LogP contribution in [-0.4, -0.2) is 36.9 Å². The smallest absolute Gasteiger partial charge is 0.302 e. The molecule has 1 aliphatic heterocycles. The second kappa shape index (κ2) is 5.47. The number of fused-ring (bicyclic) bond motifs is 2. The highest BCUT2D eigenvalue weighted by Gasteiger charge is 2.73. The van der Waals surface area contributed by atoms with E-state index >= 15 is 0 Å². The summed E-state index contributed by atoms with van der Waals surface area (Å²) in [6.45, 7) is 8.42. The van der Waals surface area contributed by atoms with Crippen molar-refractivity contribution in [2.75, 3.05) is 13.2 Å². The Balaban J connectivity index is 2.04. The van der Waals surface area contributed by atoms with Gasteiger partial charge in [0.15, 0.2) is 0 Å². The van der Waals surface area contributed by atoms with Gasteiger partial charge < -0.3 is 14.2 Å². The first-order valence-corrected chi connectivity index (χ1v) is 8.68. The highest BCUT2D eigenvalue weighted by molar-refractivity contribution is 5.67. The highest BCUT2D eigenvalue weighted by atomic mass is 16.6. The van der Waals surface area contributed by atoms with Crippen LogP contribution < -0.4 is 0 Å². The molecule has 1 spiro atoms. The van der Waals surface area contributed by atoms with E-state index in [1.807, 2.05) is 0 Å². The molecule has 0 unspecified atom stereocenters. The van der Waals surface area contributed by atoms with Crippen molar-refractivity contribution in [2.24, 2.45) is 16.7 Å². The Morgan fingerprint density at radius 3 is 2.39 bits per heavy atom. The topological polar surface area (TPSA) is 65.1 Å². The van der Waals surface area contributed by atoms with Gasteiger partial charge in [-0.15, -0.1) is 0 Å². The van der Waals surface area contributed by atoms with Crippen LogP contribution in [0.25, 0.3) is 0 Å². The maximum absolute atomic E-state index is 11.7. The Kier molecular flexibility index (Phi) is 3.98. The number of esters is 2. The summed E-state index contributed by atoms with van der Waals surface area (Å²) < 4.78 is 17.2. The molecule has 4 atom stereocenters. The molecule has 1 heterocycles. The molecular weight excluding hydrogens is 296 g/mol. The number of epoxide rings is 1. The van der Waals surface area contributed by atoms with Gasteiger partial charge in [-0.1, -0.05) is 20.3 Å². The molecule has 3 aliphatic rings. The first-order chi connectivity index (χ1) is 10.7. The van der Waals surface area contributed by atoms with Gasteiger partial charge in [0.1, 0.15) is 18.3 Å². The van der Waals surface area contributed by atoms with Crippen LogP contribution in [0, 0.1) is 16.7 Å². The van der Waals surface area contributed by atoms with Gasteiger partial charge in [-0.05, 0) is 37.0 Å². The zero-order valence-corrected chi connectivity index (χ0v) is 14.6. The van der Waals surface area contributed by atoms with E-state index in [2.05, 4.69) is 13.8 Å². The van der Waals surface area contributed by atoms with Crippen LogP contribution in [0.1, 0.15) is 59.8 Å². The van der Waals surface area contributed by atoms with Crippen LogP contribution in [-0.2, 0) is 23.8 Å². The maximum Gasteiger partial charge on any atom is 0.302 e. The Bertz CT molecular complexity index is 508. The molecule has 0 aromatic rings. The summed E-state index contributed by atoms with van der Waals surface area (Å²) in [5.74, 6) is -0.231. The van der Waals surface area contributed by atoms with Crippen molar-refractivity contribution in [1.82, 2.24) is 0 Å². The first-order valence-electron chi connectivity index (χ1n) is 8.68. The van der Waals surface area contributed by atoms with E-state index in [1.54, 1.807) is 0 Å². The van der Waals surface area contributed by atoms with Crippen molar-refractivity contribution in [3.63, 3.8) is 0 Å². The lowest BCUT2D eigenvalue weighted by Crippen LogP contribution is -2.64. The molecule has 130 valence electrons. The Morgan fingerprint density at radius 1 is 1.13 bits per heavy atom. The van der Waals surface area contributed by atoms with Gasteiger partial charge >= 0.3 is 11.9 Å². The van der Waals surface area contributed by atoms with Crippen LogP contribution in [0.4, 0.5) is 0 Å². The van der Waals surface area contributed by atoms with Crippen LogP contribution in [0.2, 0.25) is 0 Å². The normalized spacial score (nSPS) is 41.0. The summed E-state index contributed by atoms with van der Waals surface area (Å²) in [6, 6.07) is 0. The van der Waals surface area contributed by atoms with Crippen molar-refractivity contribution in [1.29, 1.82) is 0 Å². The third-order valence-electron chi connectivity index (χ3n) is 6.43. The summed E-state index contributed by atoms with van der Waals surface area (Å²) in [5.41, 5.74) is -0.580. The monoisotopic (exact) mass is 324 g/mol. The number of rotatable bonds is 3. The van der Waals surface area contributed by atoms with Crippen molar-refractivity contribution in [2.45, 2.75) is 71.5 Å². The molecule has 5 heteroatoms. The molecule has 23 heavy (non-hydrogen) atoms. The largest absolute Gasteiger partial charge is 0.465 e. The average Bonchev–Trinajstić information content (AvgIpc) is 3.21. The lowest BCUT2D eigenvalue weighted by atomic mass is 9.46. The van der Waals surface area contributed by atoms with E-state index in [0.29, 0.717) is 12.5 Å². The van der Waals surface area contributed by atoms with Gasteiger partial charge in [0.05, 0.1) is 12.0 Å². The molecule has 2 aliphatic carbocycles. The van der Waals surface area contributed by atoms with Gasteiger partial charge in [-0.2, -0.15) is 0 Å². The number of carbonyl (C=O) groups excluding carboxylic acids is 2. The Labute approximate surface area is 138 Å². The number of ether oxygens (including phenoxy) is 3. The lowest BCUT2D eigenvalue weighted by Gasteiger charge is -2.59. The van der Waals surface area contributed by atoms with Crippen molar-refractivity contribution in [3.8, 4) is 0 Å². The molecule has 0 aromatic carbocycles. The SMILES string of the molecule is CC(=O)OC[C@]12[C@@H](OC(C)=O)CCC(C)(C)[C@H]1CCC[C@@]21CO1. The number of hydrogen-bond acceptors (Lipinski definition) is 5. The second-order valence-corrected chi connectivity index (χ2v) is 8.17. The van der Waals surface area contributed by atoms with E-state index in [9.17, 15) is 9.59 Å². The molecule has 5 nitrogen and oxygen atoms in total. The minimum atomic E-state index is -0.412. The fourth-order valence-electron chi connectivity index (χ4n) is 5.35. The van der Waals surface area contributed by atoms with E-state index in [4.69, 9.17) is 14.2 Å². The van der Waals surface area contributed by atoms with Gasteiger partial charge in [0.2, 0.25) is 0 Å². The second-order valence-electron chi connectivity index (χ2n) is 8.17. The van der Waals surface area contributed by atoms with Gasteiger partial charge in [-0.3, -0.25) is 9.59 Å². The summed E-state index contributed by atoms with van der Waals surface area (Å²) >= 11 is 0. The first kappa shape index (κ1) is 16.7. The molecule has 1 saturated heterocycles. The van der Waals surface area contributed by atoms with E-state index in [1.165, 1.54) is 13.8 Å². The quantitative estimate of drug-likeness (QED) is 0.590. The molecule has 3 rings (SSSR count). The van der Waals surface area contributed by atoms with Crippen molar-refractivity contribution in [3.05, 3.63) is 0 Å². The molecule has 0 bridgehead atoms. The Hall–Kier alpha value is -1.10. The van der Waals surface area contributed by atoms with Gasteiger partial charge in [0, 0.05) is 13.8 Å². The summed E-state index contributed by atoms with van der Waals surface area (Å²) in [5, 5.41) is 0. The van der Waals surface area contributed by atoms with Crippen LogP contribution in [0.15, 0.2) is 0 Å². The lowest BCUT2D eigenvalue weighted by molar-refractivity contribution is -0.213. The third kappa shape index (κ3) is 2.57. The highest BCUT2D eigenvalue weighted by Crippen LogP contribution is 2.67. The van der Waals surface area contributed by atoms with Crippen LogP contribution in [0.5, 0.6) is 0 Å². The molecule has 3 fully saturated rings. The summed E-state index contributed by atoms with van der Waals surface area (Å²) in [7, 11) is 0. The Morgan fingerprint density at radius 2 is 1.83 bits per heavy atom. The fraction of sp³-hybridized carbons (Fsp3) is 0.889. The van der Waals surface area contributed by atoms with Gasteiger partial charge in [-0.25, -0.2) is 0 Å². The van der Waals surface area contributed by atoms with E-state index in [-0.39, 0.29) is 35.7 Å². The van der Waals surface area contributed by atoms with E-state index < -0.39 is 5.41 Å². The third-order valence-corrected chi connectivity index (χ3v) is 6.43. The van der Waals surface area contributed by atoms with Crippen molar-refractivity contribution >= 4 is 11.9 Å². The molecular formula is C18H28O5. The minimum Gasteiger partial charge on any atom is -0.465 e. The maximum atomic E-state index is 11.7. The number of carbonyl (C=O) groups is 2. The van der Waals surface area contributed by atoms with Crippen LogP contribution in [0.3, 0.4) is 0 Å². The molecule has 0 aromatic heterocycles. The predicted octanol–water partition coefficient (Wildman–Crippen LogP) is 2.86. The van der Waals surface area contributed by atoms with E-state index in [0.717, 1.165) is 32.1 Å². The van der Waals surface area contributed by atoms with Crippen LogP contribution >= 0.6 is 0 Å². The molecule has 0 amide bonds. The summed E-state index contributed by atoms with van der Waals surface area (Å²) in [6.07, 6.45) is 4.71. The standard InChI is InChI=1S/C18H28O5/c1-12(19)21-11-18-14(6-5-8-17(18)10-22-17)16(3,4)9-7-15(18)23-13(2)20/h14-15H,5-11H2,1-4H3/t14-,15+,17-,18-/m1/s1. The zero-order valence-electron chi connectivity index (χ0n) is 14.6. The predicted molar refractivity (Wildman–Crippen MR) is 83.7 cm³/mol. The zero-order chi connectivity index (χ0) is 16.9. The van der Waals surface area contributed by atoms with Crippen molar-refractivity contribution < 1.29 is 23.8 Å². The minimum absolute atomic E-state index is 0.121. The fourth-order valence-corrected chi connectivity index (χ4v) is 5.35. The average molecular weight is 324 g/mol. The molecule has 0 N–H and O–H groups in total. The molecule has 2 saturated carbocycles. The molecule has 0 radical (unpaired) electrons.